The molecule has 0 amide bonds. The van der Waals surface area contributed by atoms with E-state index in [0.717, 1.165) is 11.8 Å². The topological polar surface area (TPSA) is 84.3 Å². The Bertz CT molecular complexity index is 718. The van der Waals surface area contributed by atoms with E-state index in [-0.39, 0.29) is 18.0 Å². The fourth-order valence-corrected chi connectivity index (χ4v) is 1.82. The maximum atomic E-state index is 12.3. The Balaban J connectivity index is 2.07. The number of ether oxygens (including phenoxy) is 1. The molecule has 0 atom stereocenters. The number of carboxylic acid groups (broad SMARTS) is 1. The Morgan fingerprint density at radius 1 is 1.29 bits per heavy atom. The van der Waals surface area contributed by atoms with E-state index < -0.39 is 18.8 Å². The van der Waals surface area contributed by atoms with Crippen LogP contribution in [0.25, 0.3) is 0 Å². The lowest BCUT2D eigenvalue weighted by molar-refractivity contribution is -0.153. The second-order valence-corrected chi connectivity index (χ2v) is 4.96. The number of alkyl halides is 3. The predicted molar refractivity (Wildman–Crippen MR) is 79.0 cm³/mol. The summed E-state index contributed by atoms with van der Waals surface area (Å²) in [5, 5.41) is 11.6. The molecule has 0 spiro atoms. The lowest BCUT2D eigenvalue weighted by Gasteiger charge is -2.14. The van der Waals surface area contributed by atoms with Crippen LogP contribution in [0, 0.1) is 6.92 Å². The molecule has 6 nitrogen and oxygen atoms in total. The number of carbonyl (C=O) groups is 1. The second-order valence-electron chi connectivity index (χ2n) is 4.96. The number of rotatable bonds is 6. The average molecular weight is 341 g/mol. The molecule has 0 saturated heterocycles. The van der Waals surface area contributed by atoms with E-state index in [0.29, 0.717) is 11.4 Å². The molecule has 2 rings (SSSR count). The highest BCUT2D eigenvalue weighted by Crippen LogP contribution is 2.24. The monoisotopic (exact) mass is 341 g/mol. The van der Waals surface area contributed by atoms with Gasteiger partial charge in [0, 0.05) is 12.1 Å². The van der Waals surface area contributed by atoms with E-state index in [1.807, 2.05) is 0 Å². The van der Waals surface area contributed by atoms with Crippen LogP contribution in [0.15, 0.2) is 30.6 Å². The zero-order valence-electron chi connectivity index (χ0n) is 12.6. The molecule has 0 unspecified atom stereocenters. The molecule has 1 aromatic carbocycles. The second kappa shape index (κ2) is 7.16. The first-order valence-electron chi connectivity index (χ1n) is 6.83. The number of hydrogen-bond acceptors (Lipinski definition) is 5. The van der Waals surface area contributed by atoms with Gasteiger partial charge < -0.3 is 15.2 Å². The molecular formula is C15H14F3N3O3. The van der Waals surface area contributed by atoms with Gasteiger partial charge in [-0.1, -0.05) is 12.1 Å². The van der Waals surface area contributed by atoms with Gasteiger partial charge in [-0.3, -0.25) is 0 Å². The fourth-order valence-electron chi connectivity index (χ4n) is 1.82. The van der Waals surface area contributed by atoms with Crippen LogP contribution < -0.4 is 10.1 Å². The van der Waals surface area contributed by atoms with Crippen LogP contribution >= 0.6 is 0 Å². The Morgan fingerprint density at radius 3 is 2.62 bits per heavy atom. The highest BCUT2D eigenvalue weighted by molar-refractivity contribution is 5.84. The lowest BCUT2D eigenvalue weighted by atomic mass is 10.1. The first kappa shape index (κ1) is 17.5. The van der Waals surface area contributed by atoms with Crippen LogP contribution in [0.4, 0.5) is 19.0 Å². The third kappa shape index (κ3) is 5.11. The molecule has 2 N–H and O–H groups in total. The molecule has 1 heterocycles. The van der Waals surface area contributed by atoms with Crippen molar-refractivity contribution in [2.75, 3.05) is 11.9 Å². The van der Waals surface area contributed by atoms with Gasteiger partial charge in [0.25, 0.3) is 0 Å². The van der Waals surface area contributed by atoms with E-state index in [1.165, 1.54) is 12.3 Å². The number of aromatic nitrogens is 2. The summed E-state index contributed by atoms with van der Waals surface area (Å²) in [6.45, 7) is 0.513. The summed E-state index contributed by atoms with van der Waals surface area (Å²) in [4.78, 5) is 18.3. The molecule has 2 aromatic rings. The zero-order chi connectivity index (χ0) is 17.7. The van der Waals surface area contributed by atoms with E-state index in [4.69, 9.17) is 9.84 Å². The van der Waals surface area contributed by atoms with Gasteiger partial charge in [-0.05, 0) is 18.6 Å². The van der Waals surface area contributed by atoms with Crippen LogP contribution in [-0.2, 0) is 6.54 Å². The molecule has 0 fully saturated rings. The van der Waals surface area contributed by atoms with Crippen molar-refractivity contribution in [3.63, 3.8) is 0 Å². The average Bonchev–Trinajstić information content (AvgIpc) is 2.51. The Kier molecular flexibility index (Phi) is 5.22. The number of aromatic carboxylic acids is 1. The largest absolute Gasteiger partial charge is 0.484 e. The SMILES string of the molecule is Cc1ccc(CNc2cnc(C(=O)O)cn2)c(OCC(F)(F)F)c1. The first-order valence-corrected chi connectivity index (χ1v) is 6.83. The summed E-state index contributed by atoms with van der Waals surface area (Å²) < 4.78 is 41.8. The summed E-state index contributed by atoms with van der Waals surface area (Å²) in [6, 6.07) is 4.91. The van der Waals surface area contributed by atoms with Crippen molar-refractivity contribution in [2.24, 2.45) is 0 Å². The normalized spacial score (nSPS) is 11.2. The third-order valence-corrected chi connectivity index (χ3v) is 2.94. The number of carboxylic acids is 1. The summed E-state index contributed by atoms with van der Waals surface area (Å²) >= 11 is 0. The summed E-state index contributed by atoms with van der Waals surface area (Å²) in [5.41, 5.74) is 1.07. The highest BCUT2D eigenvalue weighted by atomic mass is 19.4. The highest BCUT2D eigenvalue weighted by Gasteiger charge is 2.28. The number of benzene rings is 1. The number of nitrogens with one attached hydrogen (secondary N) is 1. The standard InChI is InChI=1S/C15H14F3N3O3/c1-9-2-3-10(12(4-9)24-8-15(16,17)18)5-20-13-7-19-11(6-21-13)14(22)23/h2-4,6-7H,5,8H2,1H3,(H,20,21)(H,22,23). The van der Waals surface area contributed by atoms with E-state index in [2.05, 4.69) is 15.3 Å². The predicted octanol–water partition coefficient (Wildman–Crippen LogP) is 3.04. The van der Waals surface area contributed by atoms with Gasteiger partial charge in [0.2, 0.25) is 0 Å². The molecule has 0 aliphatic carbocycles. The van der Waals surface area contributed by atoms with Crippen molar-refractivity contribution in [1.82, 2.24) is 9.97 Å². The Labute approximate surface area is 135 Å². The maximum Gasteiger partial charge on any atom is 0.422 e. The molecule has 24 heavy (non-hydrogen) atoms. The van der Waals surface area contributed by atoms with Gasteiger partial charge in [0.15, 0.2) is 12.3 Å². The molecule has 9 heteroatoms. The zero-order valence-corrected chi connectivity index (χ0v) is 12.6. The molecule has 0 saturated carbocycles. The van der Waals surface area contributed by atoms with Crippen LogP contribution in [0.2, 0.25) is 0 Å². The smallest absolute Gasteiger partial charge is 0.422 e. The number of anilines is 1. The molecule has 0 aliphatic rings. The molecular weight excluding hydrogens is 327 g/mol. The van der Waals surface area contributed by atoms with Crippen molar-refractivity contribution in [1.29, 1.82) is 0 Å². The van der Waals surface area contributed by atoms with Gasteiger partial charge in [-0.25, -0.2) is 14.8 Å². The molecule has 0 radical (unpaired) electrons. The van der Waals surface area contributed by atoms with Crippen LogP contribution in [-0.4, -0.2) is 33.8 Å². The van der Waals surface area contributed by atoms with Crippen molar-refractivity contribution >= 4 is 11.8 Å². The number of hydrogen-bond donors (Lipinski definition) is 2. The van der Waals surface area contributed by atoms with Gasteiger partial charge in [0.1, 0.15) is 11.6 Å². The quantitative estimate of drug-likeness (QED) is 0.840. The third-order valence-electron chi connectivity index (χ3n) is 2.94. The minimum Gasteiger partial charge on any atom is -0.484 e. The van der Waals surface area contributed by atoms with E-state index >= 15 is 0 Å². The van der Waals surface area contributed by atoms with Gasteiger partial charge in [-0.15, -0.1) is 0 Å². The summed E-state index contributed by atoms with van der Waals surface area (Å²) in [6.07, 6.45) is -2.11. The molecule has 1 aromatic heterocycles. The van der Waals surface area contributed by atoms with E-state index in [1.54, 1.807) is 19.1 Å². The number of halogens is 3. The fraction of sp³-hybridized carbons (Fsp3) is 0.267. The van der Waals surface area contributed by atoms with E-state index in [9.17, 15) is 18.0 Å². The summed E-state index contributed by atoms with van der Waals surface area (Å²) in [7, 11) is 0. The number of aryl methyl sites for hydroxylation is 1. The van der Waals surface area contributed by atoms with Crippen LogP contribution in [0.5, 0.6) is 5.75 Å². The Morgan fingerprint density at radius 2 is 2.04 bits per heavy atom. The summed E-state index contributed by atoms with van der Waals surface area (Å²) in [5.74, 6) is -0.785. The van der Waals surface area contributed by atoms with Gasteiger partial charge in [0.05, 0.1) is 12.4 Å². The van der Waals surface area contributed by atoms with Crippen molar-refractivity contribution in [2.45, 2.75) is 19.6 Å². The maximum absolute atomic E-state index is 12.3. The first-order chi connectivity index (χ1) is 11.2. The van der Waals surface area contributed by atoms with Gasteiger partial charge >= 0.3 is 12.1 Å². The number of nitrogens with zero attached hydrogens (tertiary/aromatic N) is 2. The van der Waals surface area contributed by atoms with Crippen LogP contribution in [0.3, 0.4) is 0 Å². The van der Waals surface area contributed by atoms with Crippen molar-refractivity contribution in [3.8, 4) is 5.75 Å². The minimum atomic E-state index is -4.42. The Hall–Kier alpha value is -2.84. The molecule has 128 valence electrons. The van der Waals surface area contributed by atoms with Crippen molar-refractivity contribution < 1.29 is 27.8 Å². The molecule has 0 aliphatic heterocycles. The molecule has 0 bridgehead atoms. The lowest BCUT2D eigenvalue weighted by Crippen LogP contribution is -2.20. The van der Waals surface area contributed by atoms with Crippen LogP contribution in [0.1, 0.15) is 21.6 Å². The van der Waals surface area contributed by atoms with Gasteiger partial charge in [-0.2, -0.15) is 13.2 Å². The van der Waals surface area contributed by atoms with Crippen molar-refractivity contribution in [3.05, 3.63) is 47.4 Å². The minimum absolute atomic E-state index is 0.120.